The van der Waals surface area contributed by atoms with Crippen LogP contribution in [0, 0.1) is 13.8 Å². The van der Waals surface area contributed by atoms with Crippen molar-refractivity contribution >= 4 is 11.7 Å². The van der Waals surface area contributed by atoms with Gasteiger partial charge in [-0.25, -0.2) is 14.6 Å². The number of anilines is 1. The lowest BCUT2D eigenvalue weighted by Gasteiger charge is -2.11. The van der Waals surface area contributed by atoms with Gasteiger partial charge in [-0.2, -0.15) is 10.2 Å². The molecule has 8 heteroatoms. The topological polar surface area (TPSA) is 90.5 Å². The molecule has 4 rings (SSSR count). The fraction of sp³-hybridized carbons (Fsp3) is 0.150. The molecule has 0 spiro atoms. The minimum atomic E-state index is -0.186. The molecule has 0 aliphatic heterocycles. The molecule has 0 unspecified atom stereocenters. The normalized spacial score (nSPS) is 10.8. The van der Waals surface area contributed by atoms with Gasteiger partial charge in [-0.1, -0.05) is 18.2 Å². The van der Waals surface area contributed by atoms with Gasteiger partial charge in [0, 0.05) is 35.8 Å². The number of carbonyl (C=O) groups is 1. The molecule has 0 bridgehead atoms. The van der Waals surface area contributed by atoms with E-state index < -0.39 is 0 Å². The van der Waals surface area contributed by atoms with Crippen LogP contribution in [0.5, 0.6) is 0 Å². The molecule has 0 aliphatic rings. The first-order valence-corrected chi connectivity index (χ1v) is 8.80. The number of hydrogen-bond donors (Lipinski definition) is 1. The summed E-state index contributed by atoms with van der Waals surface area (Å²) in [5.41, 5.74) is 4.53. The minimum Gasteiger partial charge on any atom is -0.309 e. The third kappa shape index (κ3) is 3.66. The number of amides is 1. The number of nitrogens with one attached hydrogen (secondary N) is 1. The summed E-state index contributed by atoms with van der Waals surface area (Å²) < 4.78 is 3.33. The standard InChI is InChI=1S/C20H19N7O/c1-14-5-3-4-6-18(14)27-19(7-15(2)25-27)24-20(28)12-26-11-17(10-23-26)16-8-21-13-22-9-16/h3-11,13H,12H2,1-2H3,(H,24,28). The van der Waals surface area contributed by atoms with Crippen LogP contribution in [0.2, 0.25) is 0 Å². The predicted octanol–water partition coefficient (Wildman–Crippen LogP) is 2.78. The van der Waals surface area contributed by atoms with Gasteiger partial charge >= 0.3 is 0 Å². The molecule has 3 heterocycles. The first-order chi connectivity index (χ1) is 13.6. The zero-order chi connectivity index (χ0) is 19.5. The maximum atomic E-state index is 12.6. The van der Waals surface area contributed by atoms with Gasteiger partial charge < -0.3 is 5.32 Å². The number of aromatic nitrogens is 6. The lowest BCUT2D eigenvalue weighted by molar-refractivity contribution is -0.116. The Morgan fingerprint density at radius 3 is 2.64 bits per heavy atom. The fourth-order valence-electron chi connectivity index (χ4n) is 2.95. The summed E-state index contributed by atoms with van der Waals surface area (Å²) >= 11 is 0. The van der Waals surface area contributed by atoms with Crippen molar-refractivity contribution < 1.29 is 4.79 Å². The van der Waals surface area contributed by atoms with E-state index >= 15 is 0 Å². The summed E-state index contributed by atoms with van der Waals surface area (Å²) in [6, 6.07) is 9.75. The van der Waals surface area contributed by atoms with E-state index in [9.17, 15) is 4.79 Å². The van der Waals surface area contributed by atoms with Gasteiger partial charge in [0.2, 0.25) is 5.91 Å². The first kappa shape index (κ1) is 17.6. The maximum absolute atomic E-state index is 12.6. The highest BCUT2D eigenvalue weighted by Gasteiger charge is 2.13. The summed E-state index contributed by atoms with van der Waals surface area (Å²) in [5, 5.41) is 11.7. The molecular weight excluding hydrogens is 354 g/mol. The molecule has 1 aromatic carbocycles. The summed E-state index contributed by atoms with van der Waals surface area (Å²) in [5.74, 6) is 0.439. The van der Waals surface area contributed by atoms with E-state index in [1.165, 1.54) is 6.33 Å². The van der Waals surface area contributed by atoms with Crippen LogP contribution < -0.4 is 5.32 Å². The third-order valence-electron chi connectivity index (χ3n) is 4.28. The molecule has 1 N–H and O–H groups in total. The van der Waals surface area contributed by atoms with Crippen LogP contribution >= 0.6 is 0 Å². The lowest BCUT2D eigenvalue weighted by Crippen LogP contribution is -2.21. The molecule has 0 fully saturated rings. The number of nitrogens with zero attached hydrogens (tertiary/aromatic N) is 6. The van der Waals surface area contributed by atoms with Crippen molar-refractivity contribution in [1.82, 2.24) is 29.5 Å². The van der Waals surface area contributed by atoms with E-state index in [0.29, 0.717) is 5.82 Å². The molecular formula is C20H19N7O. The van der Waals surface area contributed by atoms with Crippen molar-refractivity contribution in [3.8, 4) is 16.8 Å². The Labute approximate surface area is 161 Å². The highest BCUT2D eigenvalue weighted by Crippen LogP contribution is 2.20. The quantitative estimate of drug-likeness (QED) is 0.581. The third-order valence-corrected chi connectivity index (χ3v) is 4.28. The van der Waals surface area contributed by atoms with Crippen LogP contribution in [0.25, 0.3) is 16.8 Å². The van der Waals surface area contributed by atoms with Gasteiger partial charge in [0.1, 0.15) is 18.7 Å². The number of aryl methyl sites for hydroxylation is 2. The number of para-hydroxylation sites is 1. The van der Waals surface area contributed by atoms with E-state index in [0.717, 1.165) is 28.1 Å². The summed E-state index contributed by atoms with van der Waals surface area (Å²) in [7, 11) is 0. The Bertz CT molecular complexity index is 1110. The Morgan fingerprint density at radius 2 is 1.86 bits per heavy atom. The molecule has 140 valence electrons. The summed E-state index contributed by atoms with van der Waals surface area (Å²) in [4.78, 5) is 20.6. The molecule has 3 aromatic heterocycles. The van der Waals surface area contributed by atoms with Gasteiger partial charge in [0.25, 0.3) is 0 Å². The van der Waals surface area contributed by atoms with E-state index in [4.69, 9.17) is 0 Å². The van der Waals surface area contributed by atoms with Gasteiger partial charge in [-0.15, -0.1) is 0 Å². The highest BCUT2D eigenvalue weighted by atomic mass is 16.2. The number of benzene rings is 1. The predicted molar refractivity (Wildman–Crippen MR) is 105 cm³/mol. The average molecular weight is 373 g/mol. The van der Waals surface area contributed by atoms with Gasteiger partial charge in [0.05, 0.1) is 17.6 Å². The molecule has 8 nitrogen and oxygen atoms in total. The minimum absolute atomic E-state index is 0.0890. The summed E-state index contributed by atoms with van der Waals surface area (Å²) in [6.07, 6.45) is 8.37. The van der Waals surface area contributed by atoms with Crippen molar-refractivity contribution in [2.45, 2.75) is 20.4 Å². The Hall–Kier alpha value is -3.81. The second kappa shape index (κ2) is 7.43. The van der Waals surface area contributed by atoms with Crippen LogP contribution in [0.1, 0.15) is 11.3 Å². The molecule has 0 radical (unpaired) electrons. The van der Waals surface area contributed by atoms with E-state index in [1.807, 2.05) is 44.2 Å². The largest absolute Gasteiger partial charge is 0.309 e. The fourth-order valence-corrected chi connectivity index (χ4v) is 2.95. The van der Waals surface area contributed by atoms with Gasteiger partial charge in [0.15, 0.2) is 0 Å². The van der Waals surface area contributed by atoms with Crippen LogP contribution in [0.4, 0.5) is 5.82 Å². The molecule has 0 aliphatic carbocycles. The van der Waals surface area contributed by atoms with Crippen molar-refractivity contribution in [2.75, 3.05) is 5.32 Å². The summed E-state index contributed by atoms with van der Waals surface area (Å²) in [6.45, 7) is 3.99. The number of hydrogen-bond acceptors (Lipinski definition) is 5. The van der Waals surface area contributed by atoms with Crippen LogP contribution in [-0.2, 0) is 11.3 Å². The molecule has 0 saturated carbocycles. The van der Waals surface area contributed by atoms with Crippen molar-refractivity contribution in [3.05, 3.63) is 72.7 Å². The molecule has 1 amide bonds. The van der Waals surface area contributed by atoms with Crippen molar-refractivity contribution in [1.29, 1.82) is 0 Å². The van der Waals surface area contributed by atoms with Crippen LogP contribution in [-0.4, -0.2) is 35.4 Å². The maximum Gasteiger partial charge on any atom is 0.247 e. The number of carbonyl (C=O) groups excluding carboxylic acids is 1. The van der Waals surface area contributed by atoms with Crippen LogP contribution in [0.15, 0.2) is 61.4 Å². The van der Waals surface area contributed by atoms with E-state index in [2.05, 4.69) is 25.5 Å². The second-order valence-electron chi connectivity index (χ2n) is 6.47. The van der Waals surface area contributed by atoms with Crippen LogP contribution in [0.3, 0.4) is 0 Å². The smallest absolute Gasteiger partial charge is 0.247 e. The first-order valence-electron chi connectivity index (χ1n) is 8.80. The number of rotatable bonds is 5. The van der Waals surface area contributed by atoms with Crippen molar-refractivity contribution in [3.63, 3.8) is 0 Å². The zero-order valence-corrected chi connectivity index (χ0v) is 15.6. The van der Waals surface area contributed by atoms with E-state index in [1.54, 1.807) is 34.2 Å². The van der Waals surface area contributed by atoms with Crippen molar-refractivity contribution in [2.24, 2.45) is 0 Å². The molecule has 0 atom stereocenters. The average Bonchev–Trinajstić information content (AvgIpc) is 3.29. The Balaban J connectivity index is 1.51. The highest BCUT2D eigenvalue weighted by molar-refractivity contribution is 5.90. The Kier molecular flexibility index (Phi) is 4.67. The molecule has 0 saturated heterocycles. The van der Waals surface area contributed by atoms with E-state index in [-0.39, 0.29) is 12.5 Å². The monoisotopic (exact) mass is 373 g/mol. The lowest BCUT2D eigenvalue weighted by atomic mass is 10.2. The Morgan fingerprint density at radius 1 is 1.07 bits per heavy atom. The van der Waals surface area contributed by atoms with Gasteiger partial charge in [-0.05, 0) is 25.5 Å². The molecule has 4 aromatic rings. The molecule has 28 heavy (non-hydrogen) atoms. The van der Waals surface area contributed by atoms with Gasteiger partial charge in [-0.3, -0.25) is 9.48 Å². The SMILES string of the molecule is Cc1cc(NC(=O)Cn2cc(-c3cncnc3)cn2)n(-c2ccccc2C)n1. The zero-order valence-electron chi connectivity index (χ0n) is 15.6. The second-order valence-corrected chi connectivity index (χ2v) is 6.47.